The molecule has 1 amide bonds. The summed E-state index contributed by atoms with van der Waals surface area (Å²) >= 11 is 3.32. The normalized spacial score (nSPS) is 21.4. The molecule has 1 saturated carbocycles. The fraction of sp³-hybridized carbons (Fsp3) is 0.562. The minimum Gasteiger partial charge on any atom is -0.348 e. The molecule has 0 spiro atoms. The summed E-state index contributed by atoms with van der Waals surface area (Å²) in [4.78, 5) is 13.6. The van der Waals surface area contributed by atoms with Crippen LogP contribution in [-0.2, 0) is 14.8 Å². The van der Waals surface area contributed by atoms with Crippen molar-refractivity contribution in [2.75, 3.05) is 26.2 Å². The highest BCUT2D eigenvalue weighted by Gasteiger charge is 2.35. The first-order valence-corrected chi connectivity index (χ1v) is 10.5. The Bertz CT molecular complexity index is 713. The lowest BCUT2D eigenvalue weighted by Gasteiger charge is -2.34. The number of halogens is 1. The molecule has 0 aromatic heterocycles. The molecule has 1 aliphatic carbocycles. The Morgan fingerprint density at radius 3 is 2.58 bits per heavy atom. The lowest BCUT2D eigenvalue weighted by molar-refractivity contribution is -0.917. The first-order valence-electron chi connectivity index (χ1n) is 8.28. The Hall–Kier alpha value is -0.960. The van der Waals surface area contributed by atoms with Crippen molar-refractivity contribution in [2.45, 2.75) is 36.7 Å². The van der Waals surface area contributed by atoms with Gasteiger partial charge in [0, 0.05) is 10.5 Å². The first-order chi connectivity index (χ1) is 11.4. The van der Waals surface area contributed by atoms with E-state index in [9.17, 15) is 13.2 Å². The molecule has 2 N–H and O–H groups in total. The van der Waals surface area contributed by atoms with Gasteiger partial charge in [-0.15, -0.1) is 0 Å². The number of benzene rings is 1. The second-order valence-corrected chi connectivity index (χ2v) is 9.38. The molecule has 1 aromatic carbocycles. The van der Waals surface area contributed by atoms with E-state index < -0.39 is 10.0 Å². The maximum absolute atomic E-state index is 12.7. The summed E-state index contributed by atoms with van der Waals surface area (Å²) in [5.74, 6) is 0.0794. The zero-order valence-corrected chi connectivity index (χ0v) is 16.1. The minimum atomic E-state index is -3.47. The number of piperazine rings is 1. The number of carbonyl (C=O) groups excluding carboxylic acids is 1. The third kappa shape index (κ3) is 3.99. The van der Waals surface area contributed by atoms with Crippen LogP contribution in [0.4, 0.5) is 0 Å². The van der Waals surface area contributed by atoms with Crippen molar-refractivity contribution in [1.82, 2.24) is 9.62 Å². The van der Waals surface area contributed by atoms with E-state index in [4.69, 9.17) is 0 Å². The third-order valence-corrected chi connectivity index (χ3v) is 7.12. The average molecular weight is 417 g/mol. The Morgan fingerprint density at radius 2 is 2.00 bits per heavy atom. The van der Waals surface area contributed by atoms with Crippen LogP contribution in [0, 0.1) is 0 Å². The smallest absolute Gasteiger partial charge is 0.278 e. The molecule has 1 aromatic rings. The fourth-order valence-corrected chi connectivity index (χ4v) is 5.00. The van der Waals surface area contributed by atoms with Gasteiger partial charge >= 0.3 is 0 Å². The summed E-state index contributed by atoms with van der Waals surface area (Å²) in [5, 5.41) is 3.03. The van der Waals surface area contributed by atoms with Crippen molar-refractivity contribution in [3.63, 3.8) is 0 Å². The van der Waals surface area contributed by atoms with Crippen LogP contribution in [0.5, 0.6) is 0 Å². The van der Waals surface area contributed by atoms with Crippen LogP contribution in [0.2, 0.25) is 0 Å². The zero-order valence-electron chi connectivity index (χ0n) is 13.7. The number of amides is 1. The first kappa shape index (κ1) is 17.8. The molecular formula is C16H23BrN3O3S+. The number of hydrogen-bond donors (Lipinski definition) is 2. The van der Waals surface area contributed by atoms with Crippen LogP contribution >= 0.6 is 15.9 Å². The van der Waals surface area contributed by atoms with E-state index in [1.807, 2.05) is 6.92 Å². The molecule has 1 aliphatic heterocycles. The number of sulfonamides is 1. The van der Waals surface area contributed by atoms with Gasteiger partial charge in [0.25, 0.3) is 5.91 Å². The lowest BCUT2D eigenvalue weighted by atomic mass is 10.2. The van der Waals surface area contributed by atoms with Crippen LogP contribution in [0.1, 0.15) is 19.8 Å². The molecule has 1 atom stereocenters. The predicted octanol–water partition coefficient (Wildman–Crippen LogP) is 0.00540. The Kier molecular flexibility index (Phi) is 5.29. The highest BCUT2D eigenvalue weighted by Crippen LogP contribution is 2.20. The maximum atomic E-state index is 12.7. The molecule has 8 heteroatoms. The van der Waals surface area contributed by atoms with Crippen molar-refractivity contribution in [3.05, 3.63) is 28.7 Å². The molecule has 24 heavy (non-hydrogen) atoms. The molecule has 6 nitrogen and oxygen atoms in total. The molecule has 1 heterocycles. The van der Waals surface area contributed by atoms with Gasteiger partial charge in [-0.2, -0.15) is 4.31 Å². The molecule has 3 rings (SSSR count). The average Bonchev–Trinajstić information content (AvgIpc) is 3.38. The monoisotopic (exact) mass is 416 g/mol. The quantitative estimate of drug-likeness (QED) is 0.709. The maximum Gasteiger partial charge on any atom is 0.278 e. The Labute approximate surface area is 151 Å². The van der Waals surface area contributed by atoms with E-state index in [1.165, 1.54) is 4.31 Å². The standard InChI is InChI=1S/C16H22BrN3O3S/c1-12(16(21)18-14-5-6-14)19-7-9-20(10-8-19)24(22,23)15-4-2-3-13(17)11-15/h2-4,11-12,14H,5-10H2,1H3,(H,18,21)/p+1/t12-/m1/s1. The van der Waals surface area contributed by atoms with E-state index in [1.54, 1.807) is 24.3 Å². The van der Waals surface area contributed by atoms with Crippen LogP contribution in [0.25, 0.3) is 0 Å². The second kappa shape index (κ2) is 7.11. The molecule has 2 fully saturated rings. The van der Waals surface area contributed by atoms with Crippen molar-refractivity contribution >= 4 is 31.9 Å². The Morgan fingerprint density at radius 1 is 1.33 bits per heavy atom. The summed E-state index contributed by atoms with van der Waals surface area (Å²) in [6.07, 6.45) is 2.15. The van der Waals surface area contributed by atoms with Crippen LogP contribution < -0.4 is 10.2 Å². The Balaban J connectivity index is 1.60. The number of nitrogens with one attached hydrogen (secondary N) is 2. The number of rotatable bonds is 5. The molecule has 2 aliphatic rings. The zero-order chi connectivity index (χ0) is 17.3. The third-order valence-electron chi connectivity index (χ3n) is 4.73. The van der Waals surface area contributed by atoms with Gasteiger partial charge in [-0.25, -0.2) is 8.42 Å². The van der Waals surface area contributed by atoms with Crippen LogP contribution in [-0.4, -0.2) is 56.9 Å². The molecule has 0 bridgehead atoms. The van der Waals surface area contributed by atoms with E-state index >= 15 is 0 Å². The number of hydrogen-bond acceptors (Lipinski definition) is 3. The number of carbonyl (C=O) groups is 1. The molecular weight excluding hydrogens is 394 g/mol. The summed E-state index contributed by atoms with van der Waals surface area (Å²) in [7, 11) is -3.47. The summed E-state index contributed by atoms with van der Waals surface area (Å²) < 4.78 is 27.7. The van der Waals surface area contributed by atoms with Crippen molar-refractivity contribution in [2.24, 2.45) is 0 Å². The fourth-order valence-electron chi connectivity index (χ4n) is 2.96. The van der Waals surface area contributed by atoms with Crippen molar-refractivity contribution in [3.8, 4) is 0 Å². The second-order valence-electron chi connectivity index (χ2n) is 6.52. The molecule has 0 unspecified atom stereocenters. The highest BCUT2D eigenvalue weighted by atomic mass is 79.9. The minimum absolute atomic E-state index is 0.0794. The molecule has 0 radical (unpaired) electrons. The van der Waals surface area contributed by atoms with Gasteiger partial charge in [0.2, 0.25) is 10.0 Å². The topological polar surface area (TPSA) is 70.9 Å². The predicted molar refractivity (Wildman–Crippen MR) is 94.2 cm³/mol. The van der Waals surface area contributed by atoms with Gasteiger partial charge in [0.15, 0.2) is 6.04 Å². The van der Waals surface area contributed by atoms with E-state index in [-0.39, 0.29) is 11.9 Å². The van der Waals surface area contributed by atoms with Crippen LogP contribution in [0.15, 0.2) is 33.6 Å². The van der Waals surface area contributed by atoms with Gasteiger partial charge in [-0.3, -0.25) is 4.79 Å². The van der Waals surface area contributed by atoms with Crippen molar-refractivity contribution in [1.29, 1.82) is 0 Å². The van der Waals surface area contributed by atoms with Crippen molar-refractivity contribution < 1.29 is 18.1 Å². The van der Waals surface area contributed by atoms with E-state index in [0.717, 1.165) is 22.2 Å². The highest BCUT2D eigenvalue weighted by molar-refractivity contribution is 9.10. The van der Waals surface area contributed by atoms with Gasteiger partial charge in [-0.05, 0) is 38.0 Å². The van der Waals surface area contributed by atoms with Gasteiger partial charge in [-0.1, -0.05) is 22.0 Å². The summed E-state index contributed by atoms with van der Waals surface area (Å²) in [5.41, 5.74) is 0. The largest absolute Gasteiger partial charge is 0.348 e. The summed E-state index contributed by atoms with van der Waals surface area (Å²) in [6.45, 7) is 4.08. The van der Waals surface area contributed by atoms with Crippen LogP contribution in [0.3, 0.4) is 0 Å². The van der Waals surface area contributed by atoms with Gasteiger partial charge < -0.3 is 10.2 Å². The number of nitrogens with zero attached hydrogens (tertiary/aromatic N) is 1. The molecule has 1 saturated heterocycles. The van der Waals surface area contributed by atoms with Gasteiger partial charge in [0.1, 0.15) is 0 Å². The number of quaternary nitrogens is 1. The summed E-state index contributed by atoms with van der Waals surface area (Å²) in [6, 6.07) is 6.99. The van der Waals surface area contributed by atoms with Gasteiger partial charge in [0.05, 0.1) is 31.1 Å². The van der Waals surface area contributed by atoms with E-state index in [2.05, 4.69) is 21.2 Å². The van der Waals surface area contributed by atoms with E-state index in [0.29, 0.717) is 37.1 Å². The SMILES string of the molecule is C[C@H](C(=O)NC1CC1)[NH+]1CCN(S(=O)(=O)c2cccc(Br)c2)CC1. The molecule has 132 valence electrons. The lowest BCUT2D eigenvalue weighted by Crippen LogP contribution is -3.19.